The maximum atomic E-state index is 12.6. The number of nitro groups is 1. The second-order valence-electron chi connectivity index (χ2n) is 6.03. The normalized spacial score (nSPS) is 19.3. The summed E-state index contributed by atoms with van der Waals surface area (Å²) >= 11 is 0. The van der Waals surface area contributed by atoms with Crippen LogP contribution in [0.2, 0.25) is 0 Å². The predicted octanol–water partition coefficient (Wildman–Crippen LogP) is 3.17. The molecule has 1 aromatic carbocycles. The Labute approximate surface area is 157 Å². The Balaban J connectivity index is 2.61. The molecule has 0 aliphatic carbocycles. The van der Waals surface area contributed by atoms with E-state index in [4.69, 9.17) is 9.47 Å². The third-order valence-corrected chi connectivity index (χ3v) is 4.33. The fourth-order valence-electron chi connectivity index (χ4n) is 3.21. The van der Waals surface area contributed by atoms with Crippen molar-refractivity contribution in [2.45, 2.75) is 33.6 Å². The summed E-state index contributed by atoms with van der Waals surface area (Å²) in [6.07, 6.45) is 0. The van der Waals surface area contributed by atoms with Gasteiger partial charge in [0.1, 0.15) is 5.92 Å². The van der Waals surface area contributed by atoms with E-state index in [0.717, 1.165) is 0 Å². The number of hydrogen-bond acceptors (Lipinski definition) is 7. The number of carbonyl (C=O) groups is 2. The number of aliphatic imine (C=N–C) groups is 1. The van der Waals surface area contributed by atoms with Crippen molar-refractivity contribution in [3.8, 4) is 0 Å². The molecule has 8 heteroatoms. The van der Waals surface area contributed by atoms with E-state index in [2.05, 4.69) is 4.99 Å². The predicted molar refractivity (Wildman–Crippen MR) is 98.4 cm³/mol. The van der Waals surface area contributed by atoms with Crippen LogP contribution in [0.1, 0.15) is 39.2 Å². The number of nitro benzene ring substituents is 1. The number of rotatable bonds is 6. The minimum Gasteiger partial charge on any atom is -0.465 e. The molecular formula is C19H22N2O6. The summed E-state index contributed by atoms with van der Waals surface area (Å²) in [5.41, 5.74) is 1.73. The molecule has 0 N–H and O–H groups in total. The number of esters is 2. The highest BCUT2D eigenvalue weighted by Crippen LogP contribution is 2.40. The molecular weight excluding hydrogens is 352 g/mol. The average molecular weight is 374 g/mol. The van der Waals surface area contributed by atoms with Gasteiger partial charge in [0.25, 0.3) is 5.69 Å². The van der Waals surface area contributed by atoms with Crippen LogP contribution < -0.4 is 0 Å². The number of hydrogen-bond donors (Lipinski definition) is 0. The highest BCUT2D eigenvalue weighted by molar-refractivity contribution is 6.07. The summed E-state index contributed by atoms with van der Waals surface area (Å²) in [5.74, 6) is -2.57. The molecule has 1 aromatic rings. The van der Waals surface area contributed by atoms with E-state index in [0.29, 0.717) is 17.0 Å². The lowest BCUT2D eigenvalue weighted by Gasteiger charge is -2.31. The van der Waals surface area contributed by atoms with Gasteiger partial charge in [-0.15, -0.1) is 0 Å². The van der Waals surface area contributed by atoms with E-state index in [1.165, 1.54) is 12.1 Å². The van der Waals surface area contributed by atoms with Crippen LogP contribution in [0.4, 0.5) is 5.69 Å². The van der Waals surface area contributed by atoms with Crippen molar-refractivity contribution in [2.24, 2.45) is 10.9 Å². The van der Waals surface area contributed by atoms with Crippen LogP contribution in [-0.4, -0.2) is 35.8 Å². The van der Waals surface area contributed by atoms with Crippen LogP contribution in [0.15, 0.2) is 40.5 Å². The second kappa shape index (κ2) is 8.57. The zero-order chi connectivity index (χ0) is 20.1. The number of ether oxygens (including phenoxy) is 2. The molecule has 0 saturated carbocycles. The zero-order valence-corrected chi connectivity index (χ0v) is 15.7. The number of benzene rings is 1. The summed E-state index contributed by atoms with van der Waals surface area (Å²) in [4.78, 5) is 40.0. The summed E-state index contributed by atoms with van der Waals surface area (Å²) in [6.45, 7) is 7.12. The van der Waals surface area contributed by atoms with Gasteiger partial charge in [-0.1, -0.05) is 12.1 Å². The van der Waals surface area contributed by atoms with Gasteiger partial charge in [0.05, 0.1) is 23.7 Å². The maximum absolute atomic E-state index is 12.6. The largest absolute Gasteiger partial charge is 0.465 e. The van der Waals surface area contributed by atoms with E-state index in [9.17, 15) is 19.7 Å². The summed E-state index contributed by atoms with van der Waals surface area (Å²) in [6, 6.07) is 5.77. The minimum atomic E-state index is -0.811. The molecule has 1 unspecified atom stereocenters. The smallest absolute Gasteiger partial charge is 0.336 e. The quantitative estimate of drug-likeness (QED) is 0.430. The first-order valence-electron chi connectivity index (χ1n) is 8.65. The van der Waals surface area contributed by atoms with Crippen molar-refractivity contribution in [3.05, 3.63) is 51.2 Å². The molecule has 144 valence electrons. The molecule has 1 heterocycles. The lowest BCUT2D eigenvalue weighted by atomic mass is 9.75. The van der Waals surface area contributed by atoms with Crippen LogP contribution in [0.3, 0.4) is 0 Å². The highest BCUT2D eigenvalue weighted by Gasteiger charge is 2.42. The Hall–Kier alpha value is -3.03. The van der Waals surface area contributed by atoms with Crippen LogP contribution in [0.5, 0.6) is 0 Å². The Morgan fingerprint density at radius 3 is 2.22 bits per heavy atom. The first-order chi connectivity index (χ1) is 12.8. The van der Waals surface area contributed by atoms with Crippen molar-refractivity contribution >= 4 is 23.3 Å². The number of non-ortho nitro benzene ring substituents is 1. The minimum absolute atomic E-state index is 0.0778. The number of nitrogens with zero attached hydrogens (tertiary/aromatic N) is 2. The molecule has 2 rings (SSSR count). The first kappa shape index (κ1) is 20.3. The maximum Gasteiger partial charge on any atom is 0.336 e. The van der Waals surface area contributed by atoms with Crippen molar-refractivity contribution in [3.63, 3.8) is 0 Å². The monoisotopic (exact) mass is 374 g/mol. The van der Waals surface area contributed by atoms with E-state index < -0.39 is 28.7 Å². The van der Waals surface area contributed by atoms with E-state index >= 15 is 0 Å². The molecule has 0 radical (unpaired) electrons. The average Bonchev–Trinajstić information content (AvgIpc) is 2.61. The van der Waals surface area contributed by atoms with Gasteiger partial charge in [0.15, 0.2) is 0 Å². The second-order valence-corrected chi connectivity index (χ2v) is 6.03. The Bertz CT molecular complexity index is 810. The molecule has 2 atom stereocenters. The van der Waals surface area contributed by atoms with E-state index in [1.807, 2.05) is 0 Å². The fourth-order valence-corrected chi connectivity index (χ4v) is 3.21. The van der Waals surface area contributed by atoms with Gasteiger partial charge in [-0.25, -0.2) is 4.79 Å². The van der Waals surface area contributed by atoms with Crippen LogP contribution in [0, 0.1) is 16.0 Å². The van der Waals surface area contributed by atoms with Crippen molar-refractivity contribution in [1.82, 2.24) is 0 Å². The molecule has 0 saturated heterocycles. The van der Waals surface area contributed by atoms with Crippen LogP contribution in [-0.2, 0) is 19.1 Å². The fraction of sp³-hybridized carbons (Fsp3) is 0.421. The third-order valence-electron chi connectivity index (χ3n) is 4.33. The van der Waals surface area contributed by atoms with Gasteiger partial charge in [-0.2, -0.15) is 0 Å². The first-order valence-corrected chi connectivity index (χ1v) is 8.65. The van der Waals surface area contributed by atoms with Gasteiger partial charge in [-0.05, 0) is 33.3 Å². The van der Waals surface area contributed by atoms with E-state index in [-0.39, 0.29) is 24.5 Å². The Kier molecular flexibility index (Phi) is 6.44. The molecule has 0 spiro atoms. The molecule has 0 aromatic heterocycles. The molecule has 1 aliphatic rings. The molecule has 0 bridgehead atoms. The molecule has 1 aliphatic heterocycles. The van der Waals surface area contributed by atoms with Crippen LogP contribution in [0.25, 0.3) is 0 Å². The van der Waals surface area contributed by atoms with Gasteiger partial charge in [0, 0.05) is 29.5 Å². The topological polar surface area (TPSA) is 108 Å². The number of carbonyl (C=O) groups excluding carboxylic acids is 2. The van der Waals surface area contributed by atoms with Gasteiger partial charge in [0.2, 0.25) is 0 Å². The van der Waals surface area contributed by atoms with Gasteiger partial charge in [-0.3, -0.25) is 19.9 Å². The Morgan fingerprint density at radius 2 is 1.70 bits per heavy atom. The number of allylic oxidation sites excluding steroid dienone is 1. The zero-order valence-electron chi connectivity index (χ0n) is 15.7. The lowest BCUT2D eigenvalue weighted by Crippen LogP contribution is -2.36. The molecule has 27 heavy (non-hydrogen) atoms. The lowest BCUT2D eigenvalue weighted by molar-refractivity contribution is -0.384. The van der Waals surface area contributed by atoms with E-state index in [1.54, 1.807) is 39.8 Å². The molecule has 0 fully saturated rings. The Morgan fingerprint density at radius 1 is 1.11 bits per heavy atom. The standard InChI is InChI=1S/C19H22N2O6/c1-5-26-18(22)15-11(3)20-12(4)16(19(23)27-6-2)17(15)13-7-9-14(10-8-13)21(24)25/h7-10,15,17H,5-6H2,1-4H3/t15?,17-/m1/s1. The van der Waals surface area contributed by atoms with Gasteiger partial charge < -0.3 is 9.47 Å². The summed E-state index contributed by atoms with van der Waals surface area (Å²) in [7, 11) is 0. The van der Waals surface area contributed by atoms with Crippen molar-refractivity contribution in [2.75, 3.05) is 13.2 Å². The molecule has 8 nitrogen and oxygen atoms in total. The van der Waals surface area contributed by atoms with Crippen molar-refractivity contribution in [1.29, 1.82) is 0 Å². The molecule has 0 amide bonds. The van der Waals surface area contributed by atoms with Gasteiger partial charge >= 0.3 is 11.9 Å². The van der Waals surface area contributed by atoms with Crippen molar-refractivity contribution < 1.29 is 24.0 Å². The summed E-state index contributed by atoms with van der Waals surface area (Å²) < 4.78 is 10.3. The van der Waals surface area contributed by atoms with Crippen LogP contribution >= 0.6 is 0 Å². The third kappa shape index (κ3) is 4.21. The summed E-state index contributed by atoms with van der Waals surface area (Å²) in [5, 5.41) is 10.9. The highest BCUT2D eigenvalue weighted by atomic mass is 16.6. The SMILES string of the molecule is CCOC(=O)C1=C(C)N=C(C)C(C(=O)OCC)[C@H]1c1ccc([N+](=O)[O-])cc1.